The molecule has 0 aliphatic carbocycles. The molecule has 0 aliphatic rings. The van der Waals surface area contributed by atoms with Crippen LogP contribution in [0.1, 0.15) is 47.5 Å². The molecule has 0 N–H and O–H groups in total. The van der Waals surface area contributed by atoms with E-state index in [-0.39, 0.29) is 12.1 Å². The fourth-order valence-corrected chi connectivity index (χ4v) is 0.723. The molecule has 3 heteroatoms. The first-order chi connectivity index (χ1) is 6.54. The molecule has 14 heavy (non-hydrogen) atoms. The SMILES string of the molecule is CC(=O)OC(C)C.CCCOCCC. The largest absolute Gasteiger partial charge is 0.463 e. The van der Waals surface area contributed by atoms with Crippen LogP contribution in [-0.4, -0.2) is 25.3 Å². The van der Waals surface area contributed by atoms with Crippen LogP contribution in [0.5, 0.6) is 0 Å². The molecular formula is C11H24O3. The highest BCUT2D eigenvalue weighted by molar-refractivity contribution is 5.66. The fourth-order valence-electron chi connectivity index (χ4n) is 0.723. The van der Waals surface area contributed by atoms with E-state index in [0.717, 1.165) is 26.1 Å². The summed E-state index contributed by atoms with van der Waals surface area (Å²) >= 11 is 0. The summed E-state index contributed by atoms with van der Waals surface area (Å²) in [4.78, 5) is 10.0. The summed E-state index contributed by atoms with van der Waals surface area (Å²) in [6.07, 6.45) is 2.30. The molecule has 0 saturated heterocycles. The maximum Gasteiger partial charge on any atom is 0.302 e. The van der Waals surface area contributed by atoms with Gasteiger partial charge < -0.3 is 9.47 Å². The Morgan fingerprint density at radius 1 is 1.14 bits per heavy atom. The van der Waals surface area contributed by atoms with E-state index in [1.54, 1.807) is 0 Å². The molecule has 0 fully saturated rings. The molecule has 0 radical (unpaired) electrons. The first kappa shape index (κ1) is 15.9. The van der Waals surface area contributed by atoms with Gasteiger partial charge in [0.2, 0.25) is 0 Å². The van der Waals surface area contributed by atoms with Crippen LogP contribution in [0.4, 0.5) is 0 Å². The molecule has 0 aromatic carbocycles. The molecule has 0 saturated carbocycles. The number of hydrogen-bond acceptors (Lipinski definition) is 3. The van der Waals surface area contributed by atoms with Crippen molar-refractivity contribution in [3.05, 3.63) is 0 Å². The van der Waals surface area contributed by atoms with Crippen LogP contribution >= 0.6 is 0 Å². The summed E-state index contributed by atoms with van der Waals surface area (Å²) in [6.45, 7) is 11.1. The normalized spacial score (nSPS) is 9.29. The summed E-state index contributed by atoms with van der Waals surface area (Å²) in [7, 11) is 0. The van der Waals surface area contributed by atoms with E-state index in [1.165, 1.54) is 6.92 Å². The first-order valence-electron chi connectivity index (χ1n) is 5.29. The molecule has 0 aromatic rings. The van der Waals surface area contributed by atoms with Gasteiger partial charge in [-0.1, -0.05) is 13.8 Å². The summed E-state index contributed by atoms with van der Waals surface area (Å²) in [5.41, 5.74) is 0. The lowest BCUT2D eigenvalue weighted by Gasteiger charge is -2.01. The van der Waals surface area contributed by atoms with Crippen molar-refractivity contribution in [3.63, 3.8) is 0 Å². The van der Waals surface area contributed by atoms with E-state index in [9.17, 15) is 4.79 Å². The summed E-state index contributed by atoms with van der Waals surface area (Å²) in [5.74, 6) is -0.213. The Kier molecular flexibility index (Phi) is 14.1. The Bertz CT molecular complexity index is 118. The highest BCUT2D eigenvalue weighted by atomic mass is 16.5. The lowest BCUT2D eigenvalue weighted by Crippen LogP contribution is -2.06. The van der Waals surface area contributed by atoms with Crippen LogP contribution in [0.2, 0.25) is 0 Å². The van der Waals surface area contributed by atoms with Crippen LogP contribution in [0, 0.1) is 0 Å². The minimum Gasteiger partial charge on any atom is -0.463 e. The van der Waals surface area contributed by atoms with E-state index >= 15 is 0 Å². The van der Waals surface area contributed by atoms with Crippen molar-refractivity contribution >= 4 is 5.97 Å². The van der Waals surface area contributed by atoms with Gasteiger partial charge in [-0.25, -0.2) is 0 Å². The smallest absolute Gasteiger partial charge is 0.302 e. The second kappa shape index (κ2) is 12.4. The van der Waals surface area contributed by atoms with Gasteiger partial charge in [0.15, 0.2) is 0 Å². The van der Waals surface area contributed by atoms with Crippen LogP contribution in [0.3, 0.4) is 0 Å². The van der Waals surface area contributed by atoms with E-state index in [1.807, 2.05) is 13.8 Å². The van der Waals surface area contributed by atoms with Crippen molar-refractivity contribution in [1.82, 2.24) is 0 Å². The van der Waals surface area contributed by atoms with Crippen molar-refractivity contribution < 1.29 is 14.3 Å². The number of ether oxygens (including phenoxy) is 2. The molecule has 0 bridgehead atoms. The monoisotopic (exact) mass is 204 g/mol. The molecule has 0 spiro atoms. The second-order valence-corrected chi connectivity index (χ2v) is 3.27. The summed E-state index contributed by atoms with van der Waals surface area (Å²) < 4.78 is 9.74. The average molecular weight is 204 g/mol. The molecular weight excluding hydrogens is 180 g/mol. The van der Waals surface area contributed by atoms with Gasteiger partial charge in [0.25, 0.3) is 0 Å². The van der Waals surface area contributed by atoms with Crippen LogP contribution < -0.4 is 0 Å². The molecule has 0 amide bonds. The maximum absolute atomic E-state index is 10.0. The Morgan fingerprint density at radius 2 is 1.57 bits per heavy atom. The van der Waals surface area contributed by atoms with Gasteiger partial charge in [-0.2, -0.15) is 0 Å². The lowest BCUT2D eigenvalue weighted by molar-refractivity contribution is -0.144. The van der Waals surface area contributed by atoms with Crippen molar-refractivity contribution in [1.29, 1.82) is 0 Å². The molecule has 0 unspecified atom stereocenters. The topological polar surface area (TPSA) is 35.5 Å². The predicted molar refractivity (Wildman–Crippen MR) is 58.3 cm³/mol. The zero-order chi connectivity index (χ0) is 11.4. The number of rotatable bonds is 5. The molecule has 86 valence electrons. The third kappa shape index (κ3) is 22.5. The number of carbonyl (C=O) groups is 1. The highest BCUT2D eigenvalue weighted by Crippen LogP contribution is 1.85. The highest BCUT2D eigenvalue weighted by Gasteiger charge is 1.93. The standard InChI is InChI=1S/C6H14O.C5H10O2/c1-3-5-7-6-4-2;1-4(2)7-5(3)6/h3-6H2,1-2H3;4H,1-3H3. The Balaban J connectivity index is 0. The minimum absolute atomic E-state index is 0.0255. The molecule has 3 nitrogen and oxygen atoms in total. The van der Waals surface area contributed by atoms with Crippen LogP contribution in [0.15, 0.2) is 0 Å². The third-order valence-corrected chi connectivity index (χ3v) is 1.10. The Morgan fingerprint density at radius 3 is 1.71 bits per heavy atom. The summed E-state index contributed by atoms with van der Waals surface area (Å²) in [6, 6.07) is 0. The minimum atomic E-state index is -0.213. The van der Waals surface area contributed by atoms with Crippen molar-refractivity contribution in [2.24, 2.45) is 0 Å². The van der Waals surface area contributed by atoms with Crippen molar-refractivity contribution in [2.45, 2.75) is 53.6 Å². The zero-order valence-corrected chi connectivity index (χ0v) is 10.1. The van der Waals surface area contributed by atoms with Gasteiger partial charge in [0.1, 0.15) is 0 Å². The van der Waals surface area contributed by atoms with E-state index in [4.69, 9.17) is 4.74 Å². The van der Waals surface area contributed by atoms with Crippen LogP contribution in [0.25, 0.3) is 0 Å². The average Bonchev–Trinajstić information content (AvgIpc) is 2.04. The number of hydrogen-bond donors (Lipinski definition) is 0. The Hall–Kier alpha value is -0.570. The van der Waals surface area contributed by atoms with E-state index in [2.05, 4.69) is 18.6 Å². The Labute approximate surface area is 87.8 Å². The molecule has 0 heterocycles. The molecule has 0 aliphatic heterocycles. The van der Waals surface area contributed by atoms with Crippen molar-refractivity contribution in [2.75, 3.05) is 13.2 Å². The van der Waals surface area contributed by atoms with Gasteiger partial charge in [-0.3, -0.25) is 4.79 Å². The van der Waals surface area contributed by atoms with Crippen LogP contribution in [-0.2, 0) is 14.3 Å². The third-order valence-electron chi connectivity index (χ3n) is 1.10. The van der Waals surface area contributed by atoms with Gasteiger partial charge in [-0.05, 0) is 26.7 Å². The van der Waals surface area contributed by atoms with E-state index in [0.29, 0.717) is 0 Å². The van der Waals surface area contributed by atoms with Crippen molar-refractivity contribution in [3.8, 4) is 0 Å². The summed E-state index contributed by atoms with van der Waals surface area (Å²) in [5, 5.41) is 0. The number of esters is 1. The maximum atomic E-state index is 10.0. The quantitative estimate of drug-likeness (QED) is 0.510. The van der Waals surface area contributed by atoms with Gasteiger partial charge in [0, 0.05) is 20.1 Å². The first-order valence-corrected chi connectivity index (χ1v) is 5.29. The molecule has 0 atom stereocenters. The predicted octanol–water partition coefficient (Wildman–Crippen LogP) is 2.78. The fraction of sp³-hybridized carbons (Fsp3) is 0.909. The van der Waals surface area contributed by atoms with Gasteiger partial charge >= 0.3 is 5.97 Å². The molecule has 0 rings (SSSR count). The van der Waals surface area contributed by atoms with Gasteiger partial charge in [-0.15, -0.1) is 0 Å². The van der Waals surface area contributed by atoms with Gasteiger partial charge in [0.05, 0.1) is 6.10 Å². The van der Waals surface area contributed by atoms with E-state index < -0.39 is 0 Å². The second-order valence-electron chi connectivity index (χ2n) is 3.27. The zero-order valence-electron chi connectivity index (χ0n) is 10.1. The molecule has 0 aromatic heterocycles. The lowest BCUT2D eigenvalue weighted by atomic mass is 10.5. The number of carbonyl (C=O) groups excluding carboxylic acids is 1.